The lowest BCUT2D eigenvalue weighted by Crippen LogP contribution is -2.73. The summed E-state index contributed by atoms with van der Waals surface area (Å²) in [4.78, 5) is 57.2. The molecule has 0 radical (unpaired) electrons. The van der Waals surface area contributed by atoms with Crippen LogP contribution < -0.4 is 10.9 Å². The van der Waals surface area contributed by atoms with Gasteiger partial charge in [0.05, 0.1) is 11.3 Å². The maximum atomic E-state index is 13.3. The first kappa shape index (κ1) is 28.3. The van der Waals surface area contributed by atoms with Gasteiger partial charge in [-0.05, 0) is 31.0 Å². The summed E-state index contributed by atoms with van der Waals surface area (Å²) in [5, 5.41) is 0. The topological polar surface area (TPSA) is 111 Å². The number of imide groups is 1. The molecule has 1 unspecified atom stereocenters. The van der Waals surface area contributed by atoms with Crippen molar-refractivity contribution in [1.29, 1.82) is 0 Å². The smallest absolute Gasteiger partial charge is 0.344 e. The molecule has 0 bridgehead atoms. The molecule has 2 aliphatic rings. The normalized spacial score (nSPS) is 19.0. The molecular weight excluding hydrogens is 498 g/mol. The van der Waals surface area contributed by atoms with E-state index in [9.17, 15) is 19.2 Å². The summed E-state index contributed by atoms with van der Waals surface area (Å²) in [5.41, 5.74) is 5.49. The van der Waals surface area contributed by atoms with Gasteiger partial charge >= 0.3 is 6.03 Å². The lowest BCUT2D eigenvalue weighted by atomic mass is 9.72. The number of nitrogens with one attached hydrogen (secondary N) is 2. The Morgan fingerprint density at radius 3 is 1.95 bits per heavy atom. The number of hydrogen-bond donors (Lipinski definition) is 2. The fourth-order valence-corrected chi connectivity index (χ4v) is 5.30. The highest BCUT2D eigenvalue weighted by molar-refractivity contribution is 6.04. The predicted octanol–water partition coefficient (Wildman–Crippen LogP) is 2.32. The number of ether oxygens (including phenoxy) is 1. The Kier molecular flexibility index (Phi) is 8.98. The minimum absolute atomic E-state index is 0.175. The van der Waals surface area contributed by atoms with Crippen LogP contribution in [0.15, 0.2) is 60.7 Å². The standard InChI is InChI=1S/C29H37N5O5/c1-4-29(5-2)26(37)34(27(29)39-20-23(35)33-18-16-32(3)17-19-33)28(38)31-30-25(36)24(21-12-8-6-9-13-21)22-14-10-7-11-15-22/h6-15,24,27H,4-5,16-20H2,1-3H3,(H,30,36)(H,31,38). The monoisotopic (exact) mass is 535 g/mol. The molecule has 1 atom stereocenters. The zero-order valence-corrected chi connectivity index (χ0v) is 22.8. The first-order chi connectivity index (χ1) is 18.8. The molecule has 2 N–H and O–H groups in total. The van der Waals surface area contributed by atoms with Crippen LogP contribution in [-0.4, -0.2) is 84.5 Å². The number of urea groups is 1. The van der Waals surface area contributed by atoms with Crippen LogP contribution in [0.25, 0.3) is 0 Å². The summed E-state index contributed by atoms with van der Waals surface area (Å²) >= 11 is 0. The number of hydrogen-bond acceptors (Lipinski definition) is 6. The molecule has 10 nitrogen and oxygen atoms in total. The van der Waals surface area contributed by atoms with E-state index in [1.165, 1.54) is 0 Å². The zero-order chi connectivity index (χ0) is 28.0. The third kappa shape index (κ3) is 5.81. The molecule has 2 aromatic rings. The van der Waals surface area contributed by atoms with Crippen LogP contribution in [0.3, 0.4) is 0 Å². The Morgan fingerprint density at radius 1 is 0.897 bits per heavy atom. The average molecular weight is 536 g/mol. The number of carbonyl (C=O) groups excluding carboxylic acids is 4. The number of likely N-dealkylation sites (N-methyl/N-ethyl adjacent to an activating group) is 1. The number of amides is 5. The molecule has 0 aliphatic carbocycles. The Hall–Kier alpha value is -3.76. The van der Waals surface area contributed by atoms with Crippen molar-refractivity contribution in [2.45, 2.75) is 38.8 Å². The van der Waals surface area contributed by atoms with E-state index in [0.29, 0.717) is 25.9 Å². The molecule has 5 amide bonds. The van der Waals surface area contributed by atoms with E-state index in [-0.39, 0.29) is 18.4 Å². The average Bonchev–Trinajstić information content (AvgIpc) is 2.96. The van der Waals surface area contributed by atoms with Crippen molar-refractivity contribution < 1.29 is 23.9 Å². The number of carbonyl (C=O) groups is 4. The largest absolute Gasteiger partial charge is 0.347 e. The van der Waals surface area contributed by atoms with Crippen molar-refractivity contribution in [3.63, 3.8) is 0 Å². The van der Waals surface area contributed by atoms with Gasteiger partial charge in [0, 0.05) is 26.2 Å². The fraction of sp³-hybridized carbons (Fsp3) is 0.448. The second kappa shape index (κ2) is 12.4. The quantitative estimate of drug-likeness (QED) is 0.397. The van der Waals surface area contributed by atoms with Gasteiger partial charge in [-0.1, -0.05) is 74.5 Å². The Balaban J connectivity index is 1.43. The van der Waals surface area contributed by atoms with E-state index >= 15 is 0 Å². The lowest BCUT2D eigenvalue weighted by molar-refractivity contribution is -0.212. The van der Waals surface area contributed by atoms with Crippen molar-refractivity contribution in [2.75, 3.05) is 39.8 Å². The molecule has 0 aromatic heterocycles. The third-order valence-electron chi connectivity index (χ3n) is 7.87. The lowest BCUT2D eigenvalue weighted by Gasteiger charge is -2.53. The summed E-state index contributed by atoms with van der Waals surface area (Å²) in [6.07, 6.45) is -0.00127. The first-order valence-corrected chi connectivity index (χ1v) is 13.4. The summed E-state index contributed by atoms with van der Waals surface area (Å²) < 4.78 is 5.94. The highest BCUT2D eigenvalue weighted by Gasteiger charge is 2.62. The minimum atomic E-state index is -0.910. The van der Waals surface area contributed by atoms with Crippen molar-refractivity contribution in [3.05, 3.63) is 71.8 Å². The van der Waals surface area contributed by atoms with Gasteiger partial charge in [-0.3, -0.25) is 19.8 Å². The highest BCUT2D eigenvalue weighted by Crippen LogP contribution is 2.45. The van der Waals surface area contributed by atoms with Crippen molar-refractivity contribution in [3.8, 4) is 0 Å². The number of benzene rings is 2. The van der Waals surface area contributed by atoms with Crippen molar-refractivity contribution >= 4 is 23.8 Å². The van der Waals surface area contributed by atoms with E-state index in [0.717, 1.165) is 29.1 Å². The van der Waals surface area contributed by atoms with E-state index < -0.39 is 29.5 Å². The van der Waals surface area contributed by atoms with Gasteiger partial charge in [0.1, 0.15) is 6.61 Å². The van der Waals surface area contributed by atoms with E-state index in [2.05, 4.69) is 15.8 Å². The Labute approximate surface area is 229 Å². The van der Waals surface area contributed by atoms with Crippen LogP contribution in [0.5, 0.6) is 0 Å². The molecule has 2 heterocycles. The van der Waals surface area contributed by atoms with E-state index in [1.807, 2.05) is 81.6 Å². The van der Waals surface area contributed by atoms with E-state index in [1.54, 1.807) is 4.90 Å². The highest BCUT2D eigenvalue weighted by atomic mass is 16.5. The van der Waals surface area contributed by atoms with Crippen LogP contribution in [0.1, 0.15) is 43.7 Å². The fourth-order valence-electron chi connectivity index (χ4n) is 5.30. The van der Waals surface area contributed by atoms with Gasteiger partial charge in [0.25, 0.3) is 0 Å². The number of piperazine rings is 1. The molecular formula is C29H37N5O5. The second-order valence-electron chi connectivity index (χ2n) is 10.1. The van der Waals surface area contributed by atoms with Crippen LogP contribution in [0, 0.1) is 5.41 Å². The first-order valence-electron chi connectivity index (χ1n) is 13.4. The van der Waals surface area contributed by atoms with Crippen LogP contribution >= 0.6 is 0 Å². The van der Waals surface area contributed by atoms with Crippen LogP contribution in [0.2, 0.25) is 0 Å². The van der Waals surface area contributed by atoms with Gasteiger partial charge in [0.15, 0.2) is 6.23 Å². The molecule has 0 spiro atoms. The summed E-state index contributed by atoms with van der Waals surface area (Å²) in [6, 6.07) is 17.7. The molecule has 2 aromatic carbocycles. The molecule has 4 rings (SSSR count). The summed E-state index contributed by atoms with van der Waals surface area (Å²) in [5.74, 6) is -1.68. The predicted molar refractivity (Wildman–Crippen MR) is 145 cm³/mol. The van der Waals surface area contributed by atoms with Crippen molar-refractivity contribution in [2.24, 2.45) is 5.41 Å². The number of likely N-dealkylation sites (tertiary alicyclic amines) is 1. The molecule has 2 saturated heterocycles. The molecule has 10 heteroatoms. The Morgan fingerprint density at radius 2 is 1.44 bits per heavy atom. The molecule has 0 saturated carbocycles. The van der Waals surface area contributed by atoms with Gasteiger partial charge in [0.2, 0.25) is 17.7 Å². The molecule has 208 valence electrons. The maximum absolute atomic E-state index is 13.3. The molecule has 2 fully saturated rings. The van der Waals surface area contributed by atoms with Gasteiger partial charge in [-0.2, -0.15) is 0 Å². The number of β-lactam (4-membered cyclic amide) rings is 1. The third-order valence-corrected chi connectivity index (χ3v) is 7.87. The summed E-state index contributed by atoms with van der Waals surface area (Å²) in [7, 11) is 2.01. The van der Waals surface area contributed by atoms with Crippen LogP contribution in [-0.2, 0) is 19.1 Å². The van der Waals surface area contributed by atoms with Gasteiger partial charge in [-0.25, -0.2) is 15.1 Å². The molecule has 39 heavy (non-hydrogen) atoms. The van der Waals surface area contributed by atoms with Crippen LogP contribution in [0.4, 0.5) is 4.79 Å². The van der Waals surface area contributed by atoms with Gasteiger partial charge in [-0.15, -0.1) is 0 Å². The molecule has 2 aliphatic heterocycles. The second-order valence-corrected chi connectivity index (χ2v) is 10.1. The zero-order valence-electron chi connectivity index (χ0n) is 22.8. The summed E-state index contributed by atoms with van der Waals surface area (Å²) in [6.45, 7) is 6.27. The number of rotatable bonds is 8. The Bertz CT molecular complexity index is 1120. The SMILES string of the molecule is CCC1(CC)C(=O)N(C(=O)NNC(=O)C(c2ccccc2)c2ccccc2)C1OCC(=O)N1CCN(C)CC1. The number of nitrogens with zero attached hydrogens (tertiary/aromatic N) is 3. The number of hydrazine groups is 1. The maximum Gasteiger partial charge on any atom is 0.344 e. The van der Waals surface area contributed by atoms with Crippen molar-refractivity contribution in [1.82, 2.24) is 25.6 Å². The minimum Gasteiger partial charge on any atom is -0.347 e. The van der Waals surface area contributed by atoms with Gasteiger partial charge < -0.3 is 14.5 Å². The van der Waals surface area contributed by atoms with E-state index in [4.69, 9.17) is 4.74 Å².